The van der Waals surface area contributed by atoms with Gasteiger partial charge in [0, 0.05) is 30.4 Å². The van der Waals surface area contributed by atoms with Crippen LogP contribution in [-0.2, 0) is 9.53 Å². The van der Waals surface area contributed by atoms with Gasteiger partial charge in [0.2, 0.25) is 0 Å². The van der Waals surface area contributed by atoms with Crippen molar-refractivity contribution in [2.45, 2.75) is 66.1 Å². The first-order valence-corrected chi connectivity index (χ1v) is 14.1. The summed E-state index contributed by atoms with van der Waals surface area (Å²) < 4.78 is 8.22. The van der Waals surface area contributed by atoms with Gasteiger partial charge in [0.25, 0.3) is 0 Å². The quantitative estimate of drug-likeness (QED) is 0.269. The number of carboxylic acids is 1. The maximum absolute atomic E-state index is 12.7. The molecule has 0 bridgehead atoms. The second kappa shape index (κ2) is 10.7. The number of hydrogen-bond donors (Lipinski definition) is 1. The van der Waals surface area contributed by atoms with Crippen LogP contribution >= 0.6 is 0 Å². The Morgan fingerprint density at radius 2 is 1.68 bits per heavy atom. The highest BCUT2D eigenvalue weighted by Gasteiger charge is 2.35. The molecule has 1 saturated heterocycles. The number of fused-ring (bicyclic) bond motifs is 1. The molecule has 1 fully saturated rings. The molecule has 5 rings (SSSR count). The summed E-state index contributed by atoms with van der Waals surface area (Å²) in [5.41, 5.74) is 6.18. The molecule has 0 radical (unpaired) electrons. The molecule has 0 saturated carbocycles. The number of rotatable bonds is 6. The summed E-state index contributed by atoms with van der Waals surface area (Å²) in [7, 11) is 0. The third-order valence-electron chi connectivity index (χ3n) is 7.83. The second-order valence-corrected chi connectivity index (χ2v) is 12.8. The van der Waals surface area contributed by atoms with Crippen molar-refractivity contribution in [3.05, 3.63) is 77.5 Å². The average molecular weight is 551 g/mol. The lowest BCUT2D eigenvalue weighted by atomic mass is 9.82. The van der Waals surface area contributed by atoms with Crippen LogP contribution in [0.25, 0.3) is 28.0 Å². The predicted molar refractivity (Wildman–Crippen MR) is 162 cm³/mol. The number of hydrogen-bond acceptors (Lipinski definition) is 5. The highest BCUT2D eigenvalue weighted by Crippen LogP contribution is 2.40. The van der Waals surface area contributed by atoms with Crippen LogP contribution in [0, 0.1) is 23.7 Å². The van der Waals surface area contributed by atoms with Gasteiger partial charge in [-0.1, -0.05) is 44.2 Å². The molecule has 1 aliphatic rings. The molecule has 0 amide bonds. The van der Waals surface area contributed by atoms with E-state index in [-0.39, 0.29) is 5.41 Å². The molecule has 2 aromatic carbocycles. The van der Waals surface area contributed by atoms with Gasteiger partial charge in [-0.2, -0.15) is 5.26 Å². The molecule has 7 nitrogen and oxygen atoms in total. The van der Waals surface area contributed by atoms with E-state index in [0.717, 1.165) is 65.3 Å². The van der Waals surface area contributed by atoms with Crippen LogP contribution in [-0.4, -0.2) is 39.2 Å². The van der Waals surface area contributed by atoms with Crippen LogP contribution in [0.4, 0.5) is 5.82 Å². The number of aliphatic carboxylic acids is 1. The van der Waals surface area contributed by atoms with Gasteiger partial charge in [-0.3, -0.25) is 4.40 Å². The lowest BCUT2D eigenvalue weighted by Crippen LogP contribution is -2.40. The Labute approximate surface area is 242 Å². The fourth-order valence-corrected chi connectivity index (χ4v) is 5.57. The van der Waals surface area contributed by atoms with Crippen molar-refractivity contribution in [2.24, 2.45) is 5.41 Å². The average Bonchev–Trinajstić information content (AvgIpc) is 3.34. The van der Waals surface area contributed by atoms with E-state index in [1.54, 1.807) is 6.07 Å². The lowest BCUT2D eigenvalue weighted by molar-refractivity contribution is -0.160. The lowest BCUT2D eigenvalue weighted by Gasteiger charge is -2.40. The number of ether oxygens (including phenoxy) is 1. The maximum Gasteiger partial charge on any atom is 0.337 e. The Morgan fingerprint density at radius 3 is 2.32 bits per heavy atom. The van der Waals surface area contributed by atoms with Gasteiger partial charge in [-0.15, -0.1) is 0 Å². The molecular weight excluding hydrogens is 512 g/mol. The number of carboxylic acid groups (broad SMARTS) is 1. The molecule has 1 aliphatic heterocycles. The van der Waals surface area contributed by atoms with E-state index in [1.807, 2.05) is 80.8 Å². The third kappa shape index (κ3) is 5.98. The number of pyridine rings is 1. The van der Waals surface area contributed by atoms with E-state index in [0.29, 0.717) is 11.1 Å². The summed E-state index contributed by atoms with van der Waals surface area (Å²) in [4.78, 5) is 20.0. The molecule has 2 aromatic heterocycles. The largest absolute Gasteiger partial charge is 0.479 e. The summed E-state index contributed by atoms with van der Waals surface area (Å²) >= 11 is 0. The Morgan fingerprint density at radius 1 is 1.05 bits per heavy atom. The molecule has 0 unspecified atom stereocenters. The zero-order chi connectivity index (χ0) is 29.5. The molecule has 7 heteroatoms. The highest BCUT2D eigenvalue weighted by molar-refractivity contribution is 5.80. The van der Waals surface area contributed by atoms with E-state index >= 15 is 0 Å². The number of nitriles is 1. The monoisotopic (exact) mass is 550 g/mol. The van der Waals surface area contributed by atoms with Gasteiger partial charge in [0.15, 0.2) is 6.10 Å². The number of anilines is 1. The fourth-order valence-electron chi connectivity index (χ4n) is 5.57. The van der Waals surface area contributed by atoms with E-state index in [4.69, 9.17) is 9.72 Å². The zero-order valence-electron chi connectivity index (χ0n) is 24.7. The van der Waals surface area contributed by atoms with E-state index in [2.05, 4.69) is 30.9 Å². The number of imidazole rings is 1. The summed E-state index contributed by atoms with van der Waals surface area (Å²) in [6.07, 6.45) is 2.90. The molecule has 1 atom stereocenters. The Balaban J connectivity index is 1.67. The minimum atomic E-state index is -1.12. The first-order valence-electron chi connectivity index (χ1n) is 14.1. The first-order chi connectivity index (χ1) is 19.3. The molecule has 212 valence electrons. The van der Waals surface area contributed by atoms with Crippen molar-refractivity contribution < 1.29 is 14.6 Å². The van der Waals surface area contributed by atoms with Gasteiger partial charge < -0.3 is 14.7 Å². The molecular formula is C34H38N4O3. The maximum atomic E-state index is 12.7. The van der Waals surface area contributed by atoms with Crippen molar-refractivity contribution in [1.82, 2.24) is 9.38 Å². The number of aromatic nitrogens is 2. The van der Waals surface area contributed by atoms with Crippen molar-refractivity contribution in [2.75, 3.05) is 18.0 Å². The van der Waals surface area contributed by atoms with Crippen LogP contribution in [0.15, 0.2) is 60.8 Å². The molecule has 41 heavy (non-hydrogen) atoms. The second-order valence-electron chi connectivity index (χ2n) is 12.8. The van der Waals surface area contributed by atoms with Crippen LogP contribution < -0.4 is 4.90 Å². The Hall–Kier alpha value is -4.15. The normalized spacial score (nSPS) is 16.0. The van der Waals surface area contributed by atoms with Gasteiger partial charge >= 0.3 is 5.97 Å². The number of aryl methyl sites for hydroxylation is 1. The SMILES string of the molecule is Cc1cc2nc(-c3cccc(-c4cccc(C#N)c4)c3)cn2c(N2CCC(C)(C)CC2)c1[C@H](OC(C)(C)C)C(=O)O. The molecule has 1 N–H and O–H groups in total. The van der Waals surface area contributed by atoms with Gasteiger partial charge in [0.1, 0.15) is 11.5 Å². The molecule has 0 spiro atoms. The van der Waals surface area contributed by atoms with Gasteiger partial charge in [0.05, 0.1) is 22.9 Å². The van der Waals surface area contributed by atoms with E-state index in [1.165, 1.54) is 0 Å². The van der Waals surface area contributed by atoms with Gasteiger partial charge in [-0.05, 0) is 86.9 Å². The Kier molecular flexibility index (Phi) is 7.39. The van der Waals surface area contributed by atoms with E-state index in [9.17, 15) is 15.2 Å². The summed E-state index contributed by atoms with van der Waals surface area (Å²) in [5, 5.41) is 19.7. The van der Waals surface area contributed by atoms with Crippen molar-refractivity contribution in [3.8, 4) is 28.5 Å². The molecule has 4 aromatic rings. The van der Waals surface area contributed by atoms with Crippen LogP contribution in [0.2, 0.25) is 0 Å². The summed E-state index contributed by atoms with van der Waals surface area (Å²) in [5.74, 6) is -0.169. The summed E-state index contributed by atoms with van der Waals surface area (Å²) in [6.45, 7) is 13.8. The molecule has 0 aliphatic carbocycles. The highest BCUT2D eigenvalue weighted by atomic mass is 16.5. The fraction of sp³-hybridized carbons (Fsp3) is 0.382. The number of nitrogens with zero attached hydrogens (tertiary/aromatic N) is 4. The zero-order valence-corrected chi connectivity index (χ0v) is 24.7. The van der Waals surface area contributed by atoms with Crippen LogP contribution in [0.5, 0.6) is 0 Å². The Bertz CT molecular complexity index is 1640. The minimum absolute atomic E-state index is 0.233. The topological polar surface area (TPSA) is 90.9 Å². The third-order valence-corrected chi connectivity index (χ3v) is 7.83. The standard InChI is InChI=1S/C34H38N4O3/c1-22-17-28-36-27(26-12-8-11-25(19-26)24-10-7-9-23(18-24)20-35)21-38(28)31(37-15-13-34(5,6)14-16-37)29(22)30(32(39)40)41-33(2,3)4/h7-12,17-19,21,30H,13-16H2,1-6H3,(H,39,40)/t30-/m0/s1. The molecule has 3 heterocycles. The first kappa shape index (κ1) is 28.4. The van der Waals surface area contributed by atoms with Crippen LogP contribution in [0.3, 0.4) is 0 Å². The predicted octanol–water partition coefficient (Wildman–Crippen LogP) is 7.42. The smallest absolute Gasteiger partial charge is 0.337 e. The number of carbonyl (C=O) groups is 1. The number of benzene rings is 2. The summed E-state index contributed by atoms with van der Waals surface area (Å²) in [6, 6.07) is 19.9. The van der Waals surface area contributed by atoms with Crippen molar-refractivity contribution in [1.29, 1.82) is 5.26 Å². The number of piperidine rings is 1. The van der Waals surface area contributed by atoms with Crippen molar-refractivity contribution >= 4 is 17.4 Å². The van der Waals surface area contributed by atoms with Crippen molar-refractivity contribution in [3.63, 3.8) is 0 Å². The van der Waals surface area contributed by atoms with Crippen LogP contribution in [0.1, 0.15) is 70.3 Å². The van der Waals surface area contributed by atoms with Gasteiger partial charge in [-0.25, -0.2) is 9.78 Å². The minimum Gasteiger partial charge on any atom is -0.479 e. The van der Waals surface area contributed by atoms with E-state index < -0.39 is 17.7 Å².